The van der Waals surface area contributed by atoms with Crippen LogP contribution in [0.25, 0.3) is 10.9 Å². The van der Waals surface area contributed by atoms with Crippen molar-refractivity contribution in [2.45, 2.75) is 45.2 Å². The fourth-order valence-corrected chi connectivity index (χ4v) is 4.31. The Bertz CT molecular complexity index is 1010. The molecule has 0 bridgehead atoms. The van der Waals surface area contributed by atoms with E-state index in [1.54, 1.807) is 12.1 Å². The van der Waals surface area contributed by atoms with Crippen molar-refractivity contribution < 1.29 is 9.18 Å². The van der Waals surface area contributed by atoms with E-state index in [-0.39, 0.29) is 11.7 Å². The van der Waals surface area contributed by atoms with Gasteiger partial charge in [-0.25, -0.2) is 4.39 Å². The fourth-order valence-electron chi connectivity index (χ4n) is 4.31. The molecule has 2 N–H and O–H groups in total. The van der Waals surface area contributed by atoms with Gasteiger partial charge >= 0.3 is 0 Å². The van der Waals surface area contributed by atoms with Gasteiger partial charge in [0.25, 0.3) is 0 Å². The number of likely N-dealkylation sites (tertiary alicyclic amines) is 1. The fraction of sp³-hybridized carbons (Fsp3) is 0.444. The SMILES string of the molecule is CCC(=O)NCc1ccc2ccn(C3CCN(CCc4ccc(F)cc4)CC3)c2c1.CNC. The van der Waals surface area contributed by atoms with Crippen LogP contribution in [0.15, 0.2) is 54.7 Å². The Morgan fingerprint density at radius 2 is 1.70 bits per heavy atom. The van der Waals surface area contributed by atoms with Crippen molar-refractivity contribution in [1.82, 2.24) is 20.1 Å². The first-order chi connectivity index (χ1) is 16.0. The molecule has 1 aromatic heterocycles. The molecule has 3 aromatic rings. The summed E-state index contributed by atoms with van der Waals surface area (Å²) in [6.07, 6.45) is 5.94. The van der Waals surface area contributed by atoms with Crippen LogP contribution in [-0.2, 0) is 17.8 Å². The summed E-state index contributed by atoms with van der Waals surface area (Å²) in [5, 5.41) is 6.96. The highest BCUT2D eigenvalue weighted by Crippen LogP contribution is 2.28. The molecule has 1 saturated heterocycles. The molecule has 6 heteroatoms. The van der Waals surface area contributed by atoms with Gasteiger partial charge in [-0.15, -0.1) is 0 Å². The number of aromatic nitrogens is 1. The van der Waals surface area contributed by atoms with Gasteiger partial charge in [0.05, 0.1) is 0 Å². The molecule has 0 atom stereocenters. The first-order valence-electron chi connectivity index (χ1n) is 12.0. The Hall–Kier alpha value is -2.70. The molecule has 1 amide bonds. The van der Waals surface area contributed by atoms with Gasteiger partial charge in [0, 0.05) is 50.4 Å². The normalized spacial score (nSPS) is 14.7. The van der Waals surface area contributed by atoms with Gasteiger partial charge in [-0.05, 0) is 74.1 Å². The number of nitrogens with zero attached hydrogens (tertiary/aromatic N) is 2. The number of hydrogen-bond donors (Lipinski definition) is 2. The highest BCUT2D eigenvalue weighted by Gasteiger charge is 2.21. The highest BCUT2D eigenvalue weighted by molar-refractivity contribution is 5.81. The summed E-state index contributed by atoms with van der Waals surface area (Å²) in [5.74, 6) is -0.0899. The monoisotopic (exact) mass is 452 g/mol. The summed E-state index contributed by atoms with van der Waals surface area (Å²) in [4.78, 5) is 14.1. The second-order valence-electron chi connectivity index (χ2n) is 8.70. The van der Waals surface area contributed by atoms with Crippen LogP contribution in [0.1, 0.15) is 43.4 Å². The lowest BCUT2D eigenvalue weighted by Crippen LogP contribution is -2.35. The molecule has 2 aromatic carbocycles. The highest BCUT2D eigenvalue weighted by atomic mass is 19.1. The van der Waals surface area contributed by atoms with Gasteiger partial charge in [-0.3, -0.25) is 4.79 Å². The van der Waals surface area contributed by atoms with Crippen LogP contribution in [0, 0.1) is 5.82 Å². The van der Waals surface area contributed by atoms with E-state index in [4.69, 9.17) is 0 Å². The summed E-state index contributed by atoms with van der Waals surface area (Å²) in [7, 11) is 3.75. The number of halogens is 1. The number of rotatable bonds is 7. The molecule has 0 saturated carbocycles. The molecular weight excluding hydrogens is 415 g/mol. The van der Waals surface area contributed by atoms with E-state index in [1.807, 2.05) is 33.2 Å². The first-order valence-corrected chi connectivity index (χ1v) is 12.0. The first kappa shape index (κ1) is 24.9. The number of amides is 1. The van der Waals surface area contributed by atoms with E-state index in [2.05, 4.69) is 50.6 Å². The molecule has 1 aliphatic rings. The van der Waals surface area contributed by atoms with Gasteiger partial charge < -0.3 is 20.1 Å². The quantitative estimate of drug-likeness (QED) is 0.554. The maximum Gasteiger partial charge on any atom is 0.219 e. The van der Waals surface area contributed by atoms with Gasteiger partial charge in [0.1, 0.15) is 5.82 Å². The van der Waals surface area contributed by atoms with Gasteiger partial charge in [0.15, 0.2) is 0 Å². The molecule has 1 aliphatic heterocycles. The molecule has 1 fully saturated rings. The third kappa shape index (κ3) is 7.14. The van der Waals surface area contributed by atoms with Crippen molar-refractivity contribution >= 4 is 16.8 Å². The molecule has 5 nitrogen and oxygen atoms in total. The van der Waals surface area contributed by atoms with Crippen LogP contribution in [0.4, 0.5) is 4.39 Å². The lowest BCUT2D eigenvalue weighted by Gasteiger charge is -2.33. The third-order valence-electron chi connectivity index (χ3n) is 6.18. The molecule has 0 unspecified atom stereocenters. The standard InChI is InChI=1S/C25H30FN3O.C2H7N/c1-2-25(30)27-18-20-3-6-21-10-16-29(24(21)17-20)23-11-14-28(15-12-23)13-9-19-4-7-22(26)8-5-19;1-3-2/h3-8,10,16-17,23H,2,9,11-15,18H2,1H3,(H,27,30);3H,1-2H3. The van der Waals surface area contributed by atoms with E-state index in [0.717, 1.165) is 44.5 Å². The maximum atomic E-state index is 13.1. The topological polar surface area (TPSA) is 49.3 Å². The molecule has 33 heavy (non-hydrogen) atoms. The lowest BCUT2D eigenvalue weighted by molar-refractivity contribution is -0.120. The van der Waals surface area contributed by atoms with E-state index < -0.39 is 0 Å². The van der Waals surface area contributed by atoms with E-state index in [9.17, 15) is 9.18 Å². The zero-order valence-corrected chi connectivity index (χ0v) is 20.1. The van der Waals surface area contributed by atoms with E-state index in [0.29, 0.717) is 19.0 Å². The number of carbonyl (C=O) groups is 1. The molecular formula is C27H37FN4O. The van der Waals surface area contributed by atoms with Gasteiger partial charge in [-0.2, -0.15) is 0 Å². The van der Waals surface area contributed by atoms with Crippen molar-refractivity contribution in [2.24, 2.45) is 0 Å². The second-order valence-corrected chi connectivity index (χ2v) is 8.70. The number of piperidine rings is 1. The zero-order chi connectivity index (χ0) is 23.6. The molecule has 4 rings (SSSR count). The van der Waals surface area contributed by atoms with Crippen LogP contribution in [0.5, 0.6) is 0 Å². The number of hydrogen-bond acceptors (Lipinski definition) is 3. The minimum atomic E-state index is -0.172. The predicted octanol–water partition coefficient (Wildman–Crippen LogP) is 4.52. The molecule has 178 valence electrons. The number of carbonyl (C=O) groups excluding carboxylic acids is 1. The van der Waals surface area contributed by atoms with Gasteiger partial charge in [0.2, 0.25) is 5.91 Å². The van der Waals surface area contributed by atoms with Crippen LogP contribution in [0.3, 0.4) is 0 Å². The Morgan fingerprint density at radius 3 is 2.36 bits per heavy atom. The summed E-state index contributed by atoms with van der Waals surface area (Å²) in [5.41, 5.74) is 3.58. The van der Waals surface area contributed by atoms with Crippen molar-refractivity contribution in [3.63, 3.8) is 0 Å². The van der Waals surface area contributed by atoms with Crippen LogP contribution < -0.4 is 10.6 Å². The molecule has 0 radical (unpaired) electrons. The van der Waals surface area contributed by atoms with Crippen LogP contribution in [0.2, 0.25) is 0 Å². The number of nitrogens with one attached hydrogen (secondary N) is 2. The third-order valence-corrected chi connectivity index (χ3v) is 6.18. The van der Waals surface area contributed by atoms with Crippen LogP contribution in [-0.4, -0.2) is 49.1 Å². The summed E-state index contributed by atoms with van der Waals surface area (Å²) >= 11 is 0. The van der Waals surface area contributed by atoms with Crippen LogP contribution >= 0.6 is 0 Å². The molecule has 0 aliphatic carbocycles. The second kappa shape index (κ2) is 12.5. The minimum Gasteiger partial charge on any atom is -0.352 e. The Labute approximate surface area is 197 Å². The number of benzene rings is 2. The van der Waals surface area contributed by atoms with Crippen molar-refractivity contribution in [3.05, 3.63) is 71.7 Å². The van der Waals surface area contributed by atoms with Gasteiger partial charge in [-0.1, -0.05) is 31.2 Å². The Morgan fingerprint density at radius 1 is 1.03 bits per heavy atom. The van der Waals surface area contributed by atoms with Crippen molar-refractivity contribution in [1.29, 1.82) is 0 Å². The van der Waals surface area contributed by atoms with E-state index in [1.165, 1.54) is 16.5 Å². The maximum absolute atomic E-state index is 13.1. The number of fused-ring (bicyclic) bond motifs is 1. The van der Waals surface area contributed by atoms with E-state index >= 15 is 0 Å². The average Bonchev–Trinajstić information content (AvgIpc) is 3.26. The Kier molecular flexibility index (Phi) is 9.46. The molecule has 0 spiro atoms. The van der Waals surface area contributed by atoms with Crippen molar-refractivity contribution in [2.75, 3.05) is 33.7 Å². The predicted molar refractivity (Wildman–Crippen MR) is 134 cm³/mol. The van der Waals surface area contributed by atoms with Crippen molar-refractivity contribution in [3.8, 4) is 0 Å². The summed E-state index contributed by atoms with van der Waals surface area (Å²) in [6, 6.07) is 16.0. The smallest absolute Gasteiger partial charge is 0.219 e. The minimum absolute atomic E-state index is 0.0819. The molecule has 2 heterocycles. The summed E-state index contributed by atoms with van der Waals surface area (Å²) < 4.78 is 15.5. The zero-order valence-electron chi connectivity index (χ0n) is 20.1. The summed E-state index contributed by atoms with van der Waals surface area (Å²) in [6.45, 7) is 5.63. The largest absolute Gasteiger partial charge is 0.352 e. The average molecular weight is 453 g/mol. The lowest BCUT2D eigenvalue weighted by atomic mass is 10.0. The Balaban J connectivity index is 0.000000968.